The highest BCUT2D eigenvalue weighted by atomic mass is 127. The van der Waals surface area contributed by atoms with E-state index in [4.69, 9.17) is 4.74 Å². The van der Waals surface area contributed by atoms with Gasteiger partial charge in [-0.25, -0.2) is 3.11 Å². The fraction of sp³-hybridized carbons (Fsp3) is 1.00. The van der Waals surface area contributed by atoms with Crippen LogP contribution in [0, 0.1) is 5.41 Å². The molecule has 0 radical (unpaired) electrons. The molecule has 0 N–H and O–H groups in total. The molecule has 0 bridgehead atoms. The molecular formula is C12H23IN2O. The monoisotopic (exact) mass is 338 g/mol. The van der Waals surface area contributed by atoms with Gasteiger partial charge in [-0.3, -0.25) is 0 Å². The molecule has 2 saturated heterocycles. The van der Waals surface area contributed by atoms with Crippen molar-refractivity contribution in [2.45, 2.75) is 25.7 Å². The molecule has 0 aliphatic carbocycles. The van der Waals surface area contributed by atoms with Gasteiger partial charge in [0.25, 0.3) is 0 Å². The van der Waals surface area contributed by atoms with Crippen LogP contribution in [0.15, 0.2) is 0 Å². The molecule has 1 spiro atoms. The van der Waals surface area contributed by atoms with Gasteiger partial charge in [-0.15, -0.1) is 0 Å². The lowest BCUT2D eigenvalue weighted by Gasteiger charge is -2.46. The summed E-state index contributed by atoms with van der Waals surface area (Å²) in [5.74, 6) is 0. The van der Waals surface area contributed by atoms with E-state index in [1.54, 1.807) is 7.11 Å². The fourth-order valence-electron chi connectivity index (χ4n) is 3.03. The van der Waals surface area contributed by atoms with Crippen LogP contribution in [0.5, 0.6) is 0 Å². The Balaban J connectivity index is 1.79. The quantitative estimate of drug-likeness (QED) is 0.579. The zero-order valence-corrected chi connectivity index (χ0v) is 12.4. The Labute approximate surface area is 113 Å². The van der Waals surface area contributed by atoms with Crippen molar-refractivity contribution in [2.24, 2.45) is 5.41 Å². The Morgan fingerprint density at radius 1 is 1.19 bits per heavy atom. The van der Waals surface area contributed by atoms with Crippen LogP contribution < -0.4 is 0 Å². The van der Waals surface area contributed by atoms with E-state index in [1.807, 2.05) is 0 Å². The normalized spacial score (nSPS) is 27.4. The maximum Gasteiger partial charge on any atom is 0.0589 e. The van der Waals surface area contributed by atoms with E-state index >= 15 is 0 Å². The minimum atomic E-state index is 0.642. The van der Waals surface area contributed by atoms with Gasteiger partial charge in [0.05, 0.1) is 6.61 Å². The Morgan fingerprint density at radius 2 is 1.94 bits per heavy atom. The molecule has 0 atom stereocenters. The maximum atomic E-state index is 5.15. The molecule has 4 heteroatoms. The number of rotatable bonds is 3. The number of likely N-dealkylation sites (tertiary alicyclic amines) is 1. The third kappa shape index (κ3) is 3.31. The van der Waals surface area contributed by atoms with Gasteiger partial charge in [-0.2, -0.15) is 0 Å². The second kappa shape index (κ2) is 5.98. The summed E-state index contributed by atoms with van der Waals surface area (Å²) in [4.78, 5) is 2.56. The summed E-state index contributed by atoms with van der Waals surface area (Å²) in [5, 5.41) is 0. The predicted molar refractivity (Wildman–Crippen MR) is 74.8 cm³/mol. The minimum absolute atomic E-state index is 0.642. The number of hydrogen-bond acceptors (Lipinski definition) is 3. The molecular weight excluding hydrogens is 315 g/mol. The van der Waals surface area contributed by atoms with Gasteiger partial charge in [-0.05, 0) is 44.2 Å². The third-order valence-electron chi connectivity index (χ3n) is 4.14. The topological polar surface area (TPSA) is 15.7 Å². The lowest BCUT2D eigenvalue weighted by Crippen LogP contribution is -2.47. The Morgan fingerprint density at radius 3 is 2.56 bits per heavy atom. The Hall–Kier alpha value is 0.610. The van der Waals surface area contributed by atoms with Crippen LogP contribution in [-0.4, -0.2) is 54.5 Å². The van der Waals surface area contributed by atoms with Crippen molar-refractivity contribution < 1.29 is 4.74 Å². The fourth-order valence-corrected chi connectivity index (χ4v) is 4.09. The summed E-state index contributed by atoms with van der Waals surface area (Å²) >= 11 is 2.50. The highest BCUT2D eigenvalue weighted by Crippen LogP contribution is 2.40. The lowest BCUT2D eigenvalue weighted by molar-refractivity contribution is 0.0475. The molecule has 0 amide bonds. The number of nitrogens with zero attached hydrogens (tertiary/aromatic N) is 2. The van der Waals surface area contributed by atoms with E-state index in [0.717, 1.165) is 13.2 Å². The van der Waals surface area contributed by atoms with E-state index in [2.05, 4.69) is 30.9 Å². The van der Waals surface area contributed by atoms with Crippen LogP contribution >= 0.6 is 22.9 Å². The zero-order valence-electron chi connectivity index (χ0n) is 10.3. The molecule has 0 aromatic carbocycles. The van der Waals surface area contributed by atoms with Crippen molar-refractivity contribution in [1.29, 1.82) is 0 Å². The highest BCUT2D eigenvalue weighted by molar-refractivity contribution is 14.1. The molecule has 0 aromatic heterocycles. The van der Waals surface area contributed by atoms with Crippen molar-refractivity contribution in [1.82, 2.24) is 8.01 Å². The van der Waals surface area contributed by atoms with E-state index in [0.29, 0.717) is 5.41 Å². The van der Waals surface area contributed by atoms with E-state index in [9.17, 15) is 0 Å². The van der Waals surface area contributed by atoms with Gasteiger partial charge in [0.1, 0.15) is 0 Å². The van der Waals surface area contributed by atoms with Crippen LogP contribution in [0.25, 0.3) is 0 Å². The predicted octanol–water partition coefficient (Wildman–Crippen LogP) is 2.16. The number of hydrogen-bond donors (Lipinski definition) is 0. The van der Waals surface area contributed by atoms with Crippen molar-refractivity contribution in [3.8, 4) is 0 Å². The molecule has 0 saturated carbocycles. The molecule has 3 nitrogen and oxygen atoms in total. The molecule has 94 valence electrons. The smallest absolute Gasteiger partial charge is 0.0589 e. The van der Waals surface area contributed by atoms with Crippen LogP contribution in [0.3, 0.4) is 0 Å². The van der Waals surface area contributed by atoms with Gasteiger partial charge in [0.15, 0.2) is 0 Å². The van der Waals surface area contributed by atoms with Crippen molar-refractivity contribution in [3.05, 3.63) is 0 Å². The van der Waals surface area contributed by atoms with Gasteiger partial charge in [-0.1, -0.05) is 0 Å². The average Bonchev–Trinajstić information content (AvgIpc) is 2.28. The van der Waals surface area contributed by atoms with E-state index in [1.165, 1.54) is 51.9 Å². The number of ether oxygens (including phenoxy) is 1. The van der Waals surface area contributed by atoms with Gasteiger partial charge in [0, 0.05) is 49.6 Å². The number of piperidine rings is 2. The first-order chi connectivity index (χ1) is 7.74. The zero-order chi connectivity index (χ0) is 11.4. The summed E-state index contributed by atoms with van der Waals surface area (Å²) in [6.07, 6.45) is 5.61. The first-order valence-electron chi connectivity index (χ1n) is 6.36. The number of methoxy groups -OCH3 is 1. The first kappa shape index (κ1) is 13.1. The second-order valence-electron chi connectivity index (χ2n) is 5.28. The van der Waals surface area contributed by atoms with Crippen molar-refractivity contribution in [3.63, 3.8) is 0 Å². The molecule has 2 heterocycles. The molecule has 2 rings (SSSR count). The molecule has 2 fully saturated rings. The molecule has 0 aromatic rings. The molecule has 16 heavy (non-hydrogen) atoms. The average molecular weight is 338 g/mol. The maximum absolute atomic E-state index is 5.15. The summed E-state index contributed by atoms with van der Waals surface area (Å²) in [5.41, 5.74) is 0.642. The van der Waals surface area contributed by atoms with Gasteiger partial charge in [0.2, 0.25) is 0 Å². The standard InChI is InChI=1S/C12H23IN2O/c1-16-10-9-14-7-4-12(5-8-14)3-2-6-15(13)11-12/h2-11H2,1H3. The minimum Gasteiger partial charge on any atom is -0.383 e. The van der Waals surface area contributed by atoms with Crippen LogP contribution in [0.4, 0.5) is 0 Å². The summed E-state index contributed by atoms with van der Waals surface area (Å²) in [6, 6.07) is 0. The van der Waals surface area contributed by atoms with Crippen LogP contribution in [0.1, 0.15) is 25.7 Å². The third-order valence-corrected chi connectivity index (χ3v) is 4.97. The van der Waals surface area contributed by atoms with E-state index < -0.39 is 0 Å². The molecule has 2 aliphatic rings. The summed E-state index contributed by atoms with van der Waals surface area (Å²) in [7, 11) is 1.79. The SMILES string of the molecule is COCCN1CCC2(CCCN(I)C2)CC1. The largest absolute Gasteiger partial charge is 0.383 e. The molecule has 0 unspecified atom stereocenters. The van der Waals surface area contributed by atoms with Gasteiger partial charge >= 0.3 is 0 Å². The Bertz CT molecular complexity index is 217. The molecule has 2 aliphatic heterocycles. The highest BCUT2D eigenvalue weighted by Gasteiger charge is 2.37. The second-order valence-corrected chi connectivity index (χ2v) is 6.65. The van der Waals surface area contributed by atoms with Crippen LogP contribution in [-0.2, 0) is 4.74 Å². The lowest BCUT2D eigenvalue weighted by atomic mass is 9.73. The summed E-state index contributed by atoms with van der Waals surface area (Å²) < 4.78 is 7.64. The van der Waals surface area contributed by atoms with E-state index in [-0.39, 0.29) is 0 Å². The van der Waals surface area contributed by atoms with Crippen molar-refractivity contribution >= 4 is 22.9 Å². The first-order valence-corrected chi connectivity index (χ1v) is 7.33. The van der Waals surface area contributed by atoms with Gasteiger partial charge < -0.3 is 9.64 Å². The van der Waals surface area contributed by atoms with Crippen LogP contribution in [0.2, 0.25) is 0 Å². The number of halogens is 1. The Kier molecular flexibility index (Phi) is 4.88. The summed E-state index contributed by atoms with van der Waals surface area (Å²) in [6.45, 7) is 7.13. The van der Waals surface area contributed by atoms with Crippen molar-refractivity contribution in [2.75, 3.05) is 46.4 Å².